The molecular formula is C10H18N6O3. The summed E-state index contributed by atoms with van der Waals surface area (Å²) in [7, 11) is 0. The molecule has 3 saturated heterocycles. The van der Waals surface area contributed by atoms with Crippen LogP contribution < -0.4 is 16.0 Å². The number of rotatable bonds is 1. The Bertz CT molecular complexity index is 455. The normalized spacial score (nSPS) is 43.2. The van der Waals surface area contributed by atoms with Crippen molar-refractivity contribution in [3.05, 3.63) is 0 Å². The second-order valence-electron chi connectivity index (χ2n) is 5.41. The maximum Gasteiger partial charge on any atom is 0.210 e. The van der Waals surface area contributed by atoms with Gasteiger partial charge in [0.25, 0.3) is 0 Å². The quantitative estimate of drug-likeness (QED) is 0.235. The fourth-order valence-corrected chi connectivity index (χ4v) is 3.59. The molecule has 3 rings (SSSR count). The number of nitrogens with one attached hydrogen (secondary N) is 5. The number of guanidine groups is 2. The van der Waals surface area contributed by atoms with Gasteiger partial charge in [-0.15, -0.1) is 0 Å². The molecule has 1 spiro atoms. The highest BCUT2D eigenvalue weighted by Gasteiger charge is 2.72. The van der Waals surface area contributed by atoms with Crippen LogP contribution in [-0.4, -0.2) is 68.3 Å². The third-order valence-corrected chi connectivity index (χ3v) is 4.24. The summed E-state index contributed by atoms with van der Waals surface area (Å²) in [4.78, 5) is 1.53. The highest BCUT2D eigenvalue weighted by molar-refractivity contribution is 5.87. The van der Waals surface area contributed by atoms with Gasteiger partial charge in [0.1, 0.15) is 0 Å². The molecule has 8 N–H and O–H groups in total. The second kappa shape index (κ2) is 3.50. The standard InChI is InChI=1S/C10H18N6O3/c1-4-2-9(18,19)10-6(14-7(11)15-10)5(3-17)13-8(12)16(4)10/h4-6,17-19H,2-3H2,1H3,(H2,12,13)(H3,11,14,15)/t4?,5-,6?,10?/m0/s1. The monoisotopic (exact) mass is 270 g/mol. The smallest absolute Gasteiger partial charge is 0.210 e. The zero-order valence-electron chi connectivity index (χ0n) is 10.4. The molecule has 9 heteroatoms. The van der Waals surface area contributed by atoms with Gasteiger partial charge in [0.2, 0.25) is 5.79 Å². The molecule has 0 amide bonds. The topological polar surface area (TPSA) is 148 Å². The molecule has 3 fully saturated rings. The van der Waals surface area contributed by atoms with Crippen molar-refractivity contribution in [3.63, 3.8) is 0 Å². The van der Waals surface area contributed by atoms with Crippen molar-refractivity contribution in [1.82, 2.24) is 20.9 Å². The van der Waals surface area contributed by atoms with Crippen LogP contribution >= 0.6 is 0 Å². The molecule has 0 radical (unpaired) electrons. The van der Waals surface area contributed by atoms with Crippen LogP contribution in [0.1, 0.15) is 13.3 Å². The number of aliphatic hydroxyl groups excluding tert-OH is 1. The molecule has 0 aromatic heterocycles. The summed E-state index contributed by atoms with van der Waals surface area (Å²) in [6.45, 7) is 1.50. The first-order valence-corrected chi connectivity index (χ1v) is 6.17. The zero-order chi connectivity index (χ0) is 14.0. The maximum atomic E-state index is 10.4. The SMILES string of the molecule is CC1CC(O)(O)C23NC(=N)NC2[C@H](CO)NC(=N)N13. The lowest BCUT2D eigenvalue weighted by Gasteiger charge is -2.51. The Morgan fingerprint density at radius 2 is 2.05 bits per heavy atom. The van der Waals surface area contributed by atoms with Gasteiger partial charge < -0.3 is 36.2 Å². The lowest BCUT2D eigenvalue weighted by molar-refractivity contribution is -0.223. The predicted molar refractivity (Wildman–Crippen MR) is 65.3 cm³/mol. The van der Waals surface area contributed by atoms with Gasteiger partial charge in [0.05, 0.1) is 18.7 Å². The van der Waals surface area contributed by atoms with Crippen molar-refractivity contribution in [2.24, 2.45) is 0 Å². The number of hydrogen-bond acceptors (Lipinski definition) is 5. The highest BCUT2D eigenvalue weighted by atomic mass is 16.5. The Balaban J connectivity index is 2.15. The van der Waals surface area contributed by atoms with E-state index < -0.39 is 23.5 Å². The van der Waals surface area contributed by atoms with Gasteiger partial charge in [-0.05, 0) is 6.92 Å². The summed E-state index contributed by atoms with van der Waals surface area (Å²) in [5, 5.41) is 54.3. The summed E-state index contributed by atoms with van der Waals surface area (Å²) in [5.74, 6) is -2.14. The van der Waals surface area contributed by atoms with E-state index in [2.05, 4.69) is 16.0 Å². The van der Waals surface area contributed by atoms with Crippen LogP contribution in [0.4, 0.5) is 0 Å². The average molecular weight is 270 g/mol. The fourth-order valence-electron chi connectivity index (χ4n) is 3.59. The Morgan fingerprint density at radius 3 is 2.68 bits per heavy atom. The van der Waals surface area contributed by atoms with Crippen LogP contribution in [-0.2, 0) is 0 Å². The van der Waals surface area contributed by atoms with Crippen LogP contribution in [0.25, 0.3) is 0 Å². The van der Waals surface area contributed by atoms with E-state index in [9.17, 15) is 15.3 Å². The van der Waals surface area contributed by atoms with E-state index in [0.717, 1.165) is 0 Å². The van der Waals surface area contributed by atoms with E-state index in [1.165, 1.54) is 4.90 Å². The molecular weight excluding hydrogens is 252 g/mol. The van der Waals surface area contributed by atoms with Crippen molar-refractivity contribution in [2.75, 3.05) is 6.61 Å². The van der Waals surface area contributed by atoms with Gasteiger partial charge in [0, 0.05) is 12.5 Å². The fraction of sp³-hybridized carbons (Fsp3) is 0.800. The molecule has 0 aromatic carbocycles. The molecule has 0 aliphatic carbocycles. The van der Waals surface area contributed by atoms with Crippen molar-refractivity contribution in [2.45, 2.75) is 42.9 Å². The van der Waals surface area contributed by atoms with Crippen LogP contribution in [0.15, 0.2) is 0 Å². The Labute approximate surface area is 109 Å². The summed E-state index contributed by atoms with van der Waals surface area (Å²) >= 11 is 0. The van der Waals surface area contributed by atoms with Crippen LogP contribution in [0.5, 0.6) is 0 Å². The summed E-state index contributed by atoms with van der Waals surface area (Å²) in [5.41, 5.74) is -1.40. The molecule has 3 unspecified atom stereocenters. The number of hydrogen-bond donors (Lipinski definition) is 8. The van der Waals surface area contributed by atoms with Crippen molar-refractivity contribution in [3.8, 4) is 0 Å². The van der Waals surface area contributed by atoms with Gasteiger partial charge in [-0.3, -0.25) is 10.8 Å². The molecule has 0 saturated carbocycles. The maximum absolute atomic E-state index is 10.4. The van der Waals surface area contributed by atoms with Gasteiger partial charge in [-0.2, -0.15) is 0 Å². The molecule has 106 valence electrons. The Hall–Kier alpha value is -1.58. The molecule has 3 aliphatic rings. The molecule has 3 aliphatic heterocycles. The van der Waals surface area contributed by atoms with Crippen LogP contribution in [0, 0.1) is 10.8 Å². The Morgan fingerprint density at radius 1 is 1.37 bits per heavy atom. The first-order valence-electron chi connectivity index (χ1n) is 6.17. The van der Waals surface area contributed by atoms with E-state index in [4.69, 9.17) is 10.8 Å². The predicted octanol–water partition coefficient (Wildman–Crippen LogP) is -3.15. The van der Waals surface area contributed by atoms with Crippen LogP contribution in [0.3, 0.4) is 0 Å². The largest absolute Gasteiger partial charge is 0.394 e. The van der Waals surface area contributed by atoms with E-state index in [0.29, 0.717) is 0 Å². The summed E-state index contributed by atoms with van der Waals surface area (Å²) in [6.07, 6.45) is 0.0493. The minimum absolute atomic E-state index is 0.0109. The van der Waals surface area contributed by atoms with E-state index in [1.807, 2.05) is 0 Å². The average Bonchev–Trinajstić information content (AvgIpc) is 2.73. The molecule has 3 heterocycles. The third-order valence-electron chi connectivity index (χ3n) is 4.24. The summed E-state index contributed by atoms with van der Waals surface area (Å²) in [6, 6.07) is -1.49. The van der Waals surface area contributed by atoms with Crippen molar-refractivity contribution < 1.29 is 15.3 Å². The lowest BCUT2D eigenvalue weighted by Crippen LogP contribution is -2.80. The first-order chi connectivity index (χ1) is 8.83. The Kier molecular flexibility index (Phi) is 2.29. The first kappa shape index (κ1) is 12.5. The second-order valence-corrected chi connectivity index (χ2v) is 5.41. The number of aliphatic hydroxyl groups is 3. The minimum Gasteiger partial charge on any atom is -0.394 e. The van der Waals surface area contributed by atoms with Gasteiger partial charge in [-0.1, -0.05) is 0 Å². The van der Waals surface area contributed by atoms with E-state index in [-0.39, 0.29) is 31.0 Å². The third kappa shape index (κ3) is 1.29. The van der Waals surface area contributed by atoms with Gasteiger partial charge >= 0.3 is 0 Å². The van der Waals surface area contributed by atoms with Gasteiger partial charge in [-0.25, -0.2) is 0 Å². The molecule has 4 atom stereocenters. The molecule has 0 bridgehead atoms. The van der Waals surface area contributed by atoms with E-state index in [1.54, 1.807) is 6.92 Å². The van der Waals surface area contributed by atoms with Crippen molar-refractivity contribution in [1.29, 1.82) is 10.8 Å². The lowest BCUT2D eigenvalue weighted by atomic mass is 9.86. The molecule has 9 nitrogen and oxygen atoms in total. The van der Waals surface area contributed by atoms with Crippen LogP contribution in [0.2, 0.25) is 0 Å². The highest BCUT2D eigenvalue weighted by Crippen LogP contribution is 2.45. The zero-order valence-corrected chi connectivity index (χ0v) is 10.4. The molecule has 0 aromatic rings. The number of nitrogens with zero attached hydrogens (tertiary/aromatic N) is 1. The summed E-state index contributed by atoms with van der Waals surface area (Å²) < 4.78 is 0. The van der Waals surface area contributed by atoms with Crippen molar-refractivity contribution >= 4 is 11.9 Å². The van der Waals surface area contributed by atoms with E-state index >= 15 is 0 Å². The molecule has 19 heavy (non-hydrogen) atoms. The minimum atomic E-state index is -2.10. The van der Waals surface area contributed by atoms with Gasteiger partial charge in [0.15, 0.2) is 17.6 Å².